The first kappa shape index (κ1) is 25.5. The quantitative estimate of drug-likeness (QED) is 0.518. The van der Waals surface area contributed by atoms with E-state index in [1.54, 1.807) is 22.3 Å². The van der Waals surface area contributed by atoms with Crippen molar-refractivity contribution in [3.63, 3.8) is 0 Å². The van der Waals surface area contributed by atoms with Crippen LogP contribution in [0, 0.1) is 0 Å². The van der Waals surface area contributed by atoms with Crippen LogP contribution in [0.2, 0.25) is 0 Å². The number of allylic oxidation sites excluding steroid dienone is 2. The number of anilines is 1. The van der Waals surface area contributed by atoms with E-state index in [1.165, 1.54) is 63.6 Å². The number of nitrogens with zero attached hydrogens (tertiary/aromatic N) is 1. The molecular formula is C27H50N2. The maximum atomic E-state index is 3.99. The molecule has 1 fully saturated rings. The Morgan fingerprint density at radius 2 is 1.59 bits per heavy atom. The topological polar surface area (TPSA) is 15.3 Å². The third-order valence-electron chi connectivity index (χ3n) is 5.80. The third kappa shape index (κ3) is 7.03. The van der Waals surface area contributed by atoms with Crippen LogP contribution >= 0.6 is 0 Å². The lowest BCUT2D eigenvalue weighted by molar-refractivity contribution is 0.357. The molecule has 0 unspecified atom stereocenters. The largest absolute Gasteiger partial charge is 0.359 e. The average molecular weight is 403 g/mol. The average Bonchev–Trinajstić information content (AvgIpc) is 3.47. The monoisotopic (exact) mass is 402 g/mol. The first-order chi connectivity index (χ1) is 14.1. The molecule has 1 atom stereocenters. The van der Waals surface area contributed by atoms with Crippen molar-refractivity contribution < 1.29 is 2.85 Å². The van der Waals surface area contributed by atoms with Crippen LogP contribution in [0.1, 0.15) is 92.3 Å². The molecule has 1 N–H and O–H groups in total. The van der Waals surface area contributed by atoms with Gasteiger partial charge in [-0.25, -0.2) is 0 Å². The van der Waals surface area contributed by atoms with Crippen LogP contribution < -0.4 is 5.32 Å². The summed E-state index contributed by atoms with van der Waals surface area (Å²) in [5.74, 6) is 0. The second kappa shape index (κ2) is 13.6. The molecule has 29 heavy (non-hydrogen) atoms. The standard InChI is InChI=1S/C15H19N.C8H15N.2C2H6.2H2/c1-10(2)16-15-13-7-3-5-11(13)9-12-6-4-8-14(12)15;1-3-5-8-6-4-7-9(8)2;2*1-2;;/h9,16H,1,3-8H2,2H3;3,5,8H,4,6-7H2,1-2H3;2*1-2H3;2*1H/b;5-3+;;;;/t;8-;;;;/m.1..../s1. The predicted octanol–water partition coefficient (Wildman–Crippen LogP) is 7.81. The van der Waals surface area contributed by atoms with Crippen LogP contribution in [0.25, 0.3) is 0 Å². The van der Waals surface area contributed by atoms with E-state index < -0.39 is 0 Å². The molecule has 0 saturated carbocycles. The molecule has 4 rings (SSSR count). The molecule has 1 aromatic rings. The molecule has 3 aliphatic rings. The Labute approximate surface area is 184 Å². The summed E-state index contributed by atoms with van der Waals surface area (Å²) < 4.78 is 0. The molecule has 0 spiro atoms. The number of fused-ring (bicyclic) bond motifs is 2. The first-order valence-electron chi connectivity index (χ1n) is 12.0. The van der Waals surface area contributed by atoms with Crippen LogP contribution in [-0.2, 0) is 25.7 Å². The van der Waals surface area contributed by atoms with Gasteiger partial charge in [0.15, 0.2) is 0 Å². The zero-order chi connectivity index (χ0) is 21.8. The highest BCUT2D eigenvalue weighted by Gasteiger charge is 2.23. The smallest absolute Gasteiger partial charge is 0.0452 e. The van der Waals surface area contributed by atoms with Crippen molar-refractivity contribution in [1.29, 1.82) is 0 Å². The van der Waals surface area contributed by atoms with Gasteiger partial charge in [-0.2, -0.15) is 0 Å². The highest BCUT2D eigenvalue weighted by Crippen LogP contribution is 2.38. The Morgan fingerprint density at radius 3 is 2.00 bits per heavy atom. The summed E-state index contributed by atoms with van der Waals surface area (Å²) in [6.07, 6.45) is 14.8. The number of nitrogens with one attached hydrogen (secondary N) is 1. The number of benzene rings is 1. The van der Waals surface area contributed by atoms with Crippen LogP contribution in [0.3, 0.4) is 0 Å². The Balaban J connectivity index is 0. The van der Waals surface area contributed by atoms with Crippen molar-refractivity contribution in [2.24, 2.45) is 0 Å². The molecule has 2 heteroatoms. The molecule has 1 aliphatic heterocycles. The second-order valence-electron chi connectivity index (χ2n) is 7.86. The lowest BCUT2D eigenvalue weighted by atomic mass is 9.98. The van der Waals surface area contributed by atoms with E-state index in [2.05, 4.69) is 55.9 Å². The van der Waals surface area contributed by atoms with Gasteiger partial charge in [-0.1, -0.05) is 52.5 Å². The van der Waals surface area contributed by atoms with Gasteiger partial charge in [0.2, 0.25) is 0 Å². The van der Waals surface area contributed by atoms with Gasteiger partial charge >= 0.3 is 0 Å². The predicted molar refractivity (Wildman–Crippen MR) is 136 cm³/mol. The Hall–Kier alpha value is -1.54. The normalized spacial score (nSPS) is 19.2. The zero-order valence-corrected chi connectivity index (χ0v) is 20.3. The van der Waals surface area contributed by atoms with E-state index in [9.17, 15) is 0 Å². The van der Waals surface area contributed by atoms with E-state index in [-0.39, 0.29) is 2.85 Å². The van der Waals surface area contributed by atoms with Crippen LogP contribution in [0.15, 0.2) is 30.5 Å². The fourth-order valence-corrected chi connectivity index (χ4v) is 4.58. The zero-order valence-electron chi connectivity index (χ0n) is 20.3. The molecular weight excluding hydrogens is 352 g/mol. The van der Waals surface area contributed by atoms with Gasteiger partial charge in [0.25, 0.3) is 0 Å². The van der Waals surface area contributed by atoms with Crippen molar-refractivity contribution in [1.82, 2.24) is 4.90 Å². The Morgan fingerprint density at radius 1 is 1.03 bits per heavy atom. The molecule has 2 aliphatic carbocycles. The summed E-state index contributed by atoms with van der Waals surface area (Å²) in [4.78, 5) is 2.40. The lowest BCUT2D eigenvalue weighted by Gasteiger charge is -2.16. The fraction of sp³-hybridized carbons (Fsp3) is 0.630. The van der Waals surface area contributed by atoms with Crippen molar-refractivity contribution >= 4 is 5.69 Å². The minimum absolute atomic E-state index is 0. The van der Waals surface area contributed by atoms with Gasteiger partial charge in [-0.3, -0.25) is 4.90 Å². The van der Waals surface area contributed by atoms with E-state index >= 15 is 0 Å². The van der Waals surface area contributed by atoms with Gasteiger partial charge in [-0.05, 0) is 101 Å². The van der Waals surface area contributed by atoms with Crippen molar-refractivity contribution in [3.05, 3.63) is 52.7 Å². The minimum atomic E-state index is 0. The molecule has 1 aromatic carbocycles. The van der Waals surface area contributed by atoms with Gasteiger partial charge in [0, 0.05) is 20.3 Å². The van der Waals surface area contributed by atoms with E-state index in [0.717, 1.165) is 11.7 Å². The van der Waals surface area contributed by atoms with E-state index in [1.807, 2.05) is 27.7 Å². The molecule has 0 aromatic heterocycles. The first-order valence-corrected chi connectivity index (χ1v) is 12.0. The molecule has 0 bridgehead atoms. The highest BCUT2D eigenvalue weighted by molar-refractivity contribution is 5.67. The van der Waals surface area contributed by atoms with Gasteiger partial charge in [-0.15, -0.1) is 0 Å². The van der Waals surface area contributed by atoms with Crippen LogP contribution in [-0.4, -0.2) is 24.5 Å². The number of likely N-dealkylation sites (tertiary alicyclic amines) is 1. The molecule has 0 radical (unpaired) electrons. The van der Waals surface area contributed by atoms with Crippen LogP contribution in [0.4, 0.5) is 5.69 Å². The second-order valence-corrected chi connectivity index (χ2v) is 7.86. The molecule has 2 nitrogen and oxygen atoms in total. The van der Waals surface area contributed by atoms with Gasteiger partial charge < -0.3 is 5.32 Å². The maximum Gasteiger partial charge on any atom is 0.0452 e. The number of hydrogen-bond acceptors (Lipinski definition) is 2. The number of rotatable bonds is 3. The summed E-state index contributed by atoms with van der Waals surface area (Å²) in [5, 5.41) is 3.51. The van der Waals surface area contributed by atoms with E-state index in [0.29, 0.717) is 0 Å². The van der Waals surface area contributed by atoms with Gasteiger partial charge in [0.05, 0.1) is 0 Å². The van der Waals surface area contributed by atoms with Crippen molar-refractivity contribution in [3.8, 4) is 0 Å². The van der Waals surface area contributed by atoms with Gasteiger partial charge in [0.1, 0.15) is 0 Å². The minimum Gasteiger partial charge on any atom is -0.359 e. The highest BCUT2D eigenvalue weighted by atomic mass is 15.1. The summed E-state index contributed by atoms with van der Waals surface area (Å²) in [6.45, 7) is 17.4. The number of likely N-dealkylation sites (N-methyl/N-ethyl adjacent to an activating group) is 1. The van der Waals surface area contributed by atoms with Crippen molar-refractivity contribution in [2.75, 3.05) is 18.9 Å². The Kier molecular flexibility index (Phi) is 12.0. The lowest BCUT2D eigenvalue weighted by Crippen LogP contribution is -2.22. The molecule has 0 amide bonds. The molecule has 1 heterocycles. The number of aryl methyl sites for hydroxylation is 2. The number of hydrogen-bond donors (Lipinski definition) is 1. The van der Waals surface area contributed by atoms with Crippen molar-refractivity contribution in [2.45, 2.75) is 99.0 Å². The van der Waals surface area contributed by atoms with Crippen LogP contribution in [0.5, 0.6) is 0 Å². The van der Waals surface area contributed by atoms with E-state index in [4.69, 9.17) is 0 Å². The summed E-state index contributed by atoms with van der Waals surface area (Å²) in [7, 11) is 2.19. The third-order valence-corrected chi connectivity index (χ3v) is 5.80. The Bertz CT molecular complexity index is 635. The maximum absolute atomic E-state index is 3.99. The fourth-order valence-electron chi connectivity index (χ4n) is 4.58. The molecule has 168 valence electrons. The summed E-state index contributed by atoms with van der Waals surface area (Å²) >= 11 is 0. The summed E-state index contributed by atoms with van der Waals surface area (Å²) in [5.41, 5.74) is 8.80. The SMILES string of the molecule is C/C=C/[C@@H]1CCCN1C.C=C(C)Nc1c2c(cc3c1CCC3)CCC2.CC.CC.[HH].[HH]. The summed E-state index contributed by atoms with van der Waals surface area (Å²) in [6, 6.07) is 3.20. The molecule has 1 saturated heterocycles.